The Hall–Kier alpha value is -3.55. The Balaban J connectivity index is 1.78. The van der Waals surface area contributed by atoms with Crippen molar-refractivity contribution in [1.29, 1.82) is 0 Å². The van der Waals surface area contributed by atoms with Gasteiger partial charge in [-0.2, -0.15) is 0 Å². The Labute approximate surface area is 168 Å². The average molecular weight is 418 g/mol. The van der Waals surface area contributed by atoms with Crippen LogP contribution in [-0.4, -0.2) is 12.1 Å². The molecule has 0 atom stereocenters. The number of hydrogen-bond acceptors (Lipinski definition) is 2. The van der Waals surface area contributed by atoms with Gasteiger partial charge in [-0.15, -0.1) is 0 Å². The summed E-state index contributed by atoms with van der Waals surface area (Å²) in [6.45, 7) is 1.13. The van der Waals surface area contributed by atoms with Gasteiger partial charge in [-0.05, 0) is 37.3 Å². The van der Waals surface area contributed by atoms with Crippen molar-refractivity contribution in [1.82, 2.24) is 4.98 Å². The van der Waals surface area contributed by atoms with Gasteiger partial charge in [0.1, 0.15) is 5.75 Å². The quantitative estimate of drug-likeness (QED) is 0.290. The highest BCUT2D eigenvalue weighted by Gasteiger charge is 2.17. The molecular weight excluding hydrogens is 403 g/mol. The number of aromatic nitrogens is 1. The van der Waals surface area contributed by atoms with Crippen LogP contribution in [-0.2, 0) is 0 Å². The first kappa shape index (κ1) is 19.8. The summed E-state index contributed by atoms with van der Waals surface area (Å²) < 4.78 is 74.0. The SMILES string of the molecule is COc1ccc(-c2cc3cc(F)c(F)cc3[nH]2)cc1Nc1cc(F)c(F)c(C)c1F. The van der Waals surface area contributed by atoms with Gasteiger partial charge in [-0.3, -0.25) is 0 Å². The van der Waals surface area contributed by atoms with Crippen LogP contribution >= 0.6 is 0 Å². The number of H-pyrrole nitrogens is 1. The molecule has 8 heteroatoms. The maximum atomic E-state index is 14.4. The van der Waals surface area contributed by atoms with Gasteiger partial charge >= 0.3 is 0 Å². The Bertz CT molecular complexity index is 1240. The van der Waals surface area contributed by atoms with Crippen LogP contribution in [0.2, 0.25) is 0 Å². The number of aromatic amines is 1. The summed E-state index contributed by atoms with van der Waals surface area (Å²) in [6, 6.07) is 9.35. The van der Waals surface area contributed by atoms with E-state index in [-0.39, 0.29) is 11.4 Å². The number of fused-ring (bicyclic) bond motifs is 1. The monoisotopic (exact) mass is 418 g/mol. The van der Waals surface area contributed by atoms with Gasteiger partial charge in [0.05, 0.1) is 18.5 Å². The molecule has 2 N–H and O–H groups in total. The molecule has 0 aliphatic rings. The van der Waals surface area contributed by atoms with Gasteiger partial charge in [0.25, 0.3) is 0 Å². The Kier molecular flexibility index (Phi) is 4.85. The lowest BCUT2D eigenvalue weighted by molar-refractivity contribution is 0.417. The summed E-state index contributed by atoms with van der Waals surface area (Å²) in [7, 11) is 1.40. The fraction of sp³-hybridized carbons (Fsp3) is 0.0909. The number of ether oxygens (including phenoxy) is 1. The van der Waals surface area contributed by atoms with Crippen molar-refractivity contribution in [3.63, 3.8) is 0 Å². The summed E-state index contributed by atoms with van der Waals surface area (Å²) in [6.07, 6.45) is 0. The van der Waals surface area contributed by atoms with Gasteiger partial charge in [0, 0.05) is 39.9 Å². The zero-order valence-corrected chi connectivity index (χ0v) is 15.8. The third-order valence-corrected chi connectivity index (χ3v) is 4.82. The summed E-state index contributed by atoms with van der Waals surface area (Å²) in [5.74, 6) is -4.99. The smallest absolute Gasteiger partial charge is 0.164 e. The Morgan fingerprint density at radius 1 is 0.800 bits per heavy atom. The third kappa shape index (κ3) is 3.34. The van der Waals surface area contributed by atoms with Crippen LogP contribution in [0.5, 0.6) is 5.75 Å². The molecule has 0 saturated carbocycles. The molecule has 3 aromatic carbocycles. The van der Waals surface area contributed by atoms with Crippen molar-refractivity contribution >= 4 is 22.3 Å². The first-order chi connectivity index (χ1) is 14.3. The number of hydrogen-bond donors (Lipinski definition) is 2. The van der Waals surface area contributed by atoms with Gasteiger partial charge < -0.3 is 15.0 Å². The van der Waals surface area contributed by atoms with Crippen molar-refractivity contribution in [2.24, 2.45) is 0 Å². The fourth-order valence-corrected chi connectivity index (χ4v) is 3.22. The van der Waals surface area contributed by atoms with Crippen molar-refractivity contribution in [2.45, 2.75) is 6.92 Å². The molecule has 0 saturated heterocycles. The molecule has 0 fully saturated rings. The van der Waals surface area contributed by atoms with Crippen LogP contribution in [0.15, 0.2) is 42.5 Å². The molecule has 154 valence electrons. The van der Waals surface area contributed by atoms with Gasteiger partial charge in [0.2, 0.25) is 0 Å². The van der Waals surface area contributed by atoms with Gasteiger partial charge in [-0.1, -0.05) is 0 Å². The normalized spacial score (nSPS) is 11.2. The maximum absolute atomic E-state index is 14.4. The molecule has 1 aromatic heterocycles. The van der Waals surface area contributed by atoms with Crippen LogP contribution in [0.1, 0.15) is 5.56 Å². The van der Waals surface area contributed by atoms with E-state index < -0.39 is 34.6 Å². The minimum absolute atomic E-state index is 0.261. The van der Waals surface area contributed by atoms with Gasteiger partial charge in [-0.25, -0.2) is 22.0 Å². The van der Waals surface area contributed by atoms with Crippen LogP contribution in [0.25, 0.3) is 22.2 Å². The predicted molar refractivity (Wildman–Crippen MR) is 105 cm³/mol. The van der Waals surface area contributed by atoms with E-state index in [2.05, 4.69) is 10.3 Å². The highest BCUT2D eigenvalue weighted by atomic mass is 19.2. The van der Waals surface area contributed by atoms with E-state index in [0.717, 1.165) is 25.1 Å². The fourth-order valence-electron chi connectivity index (χ4n) is 3.22. The van der Waals surface area contributed by atoms with E-state index in [9.17, 15) is 22.0 Å². The highest BCUT2D eigenvalue weighted by molar-refractivity contribution is 5.87. The van der Waals surface area contributed by atoms with E-state index in [1.165, 1.54) is 7.11 Å². The molecule has 1 heterocycles. The molecule has 30 heavy (non-hydrogen) atoms. The first-order valence-electron chi connectivity index (χ1n) is 8.85. The molecule has 4 aromatic rings. The molecular formula is C22H15F5N2O. The largest absolute Gasteiger partial charge is 0.495 e. The zero-order chi connectivity index (χ0) is 21.6. The number of anilines is 2. The summed E-state index contributed by atoms with van der Waals surface area (Å²) in [5, 5.41) is 3.19. The summed E-state index contributed by atoms with van der Waals surface area (Å²) in [4.78, 5) is 2.99. The lowest BCUT2D eigenvalue weighted by atomic mass is 10.1. The molecule has 0 amide bonds. The molecule has 0 aliphatic heterocycles. The maximum Gasteiger partial charge on any atom is 0.164 e. The number of benzene rings is 3. The topological polar surface area (TPSA) is 37.0 Å². The average Bonchev–Trinajstić information content (AvgIpc) is 3.13. The van der Waals surface area contributed by atoms with Crippen molar-refractivity contribution in [3.05, 3.63) is 77.1 Å². The minimum atomic E-state index is -1.25. The second kappa shape index (κ2) is 7.37. The van der Waals surface area contributed by atoms with E-state index in [1.807, 2.05) is 0 Å². The van der Waals surface area contributed by atoms with Crippen LogP contribution in [0, 0.1) is 36.0 Å². The molecule has 0 unspecified atom stereocenters. The van der Waals surface area contributed by atoms with E-state index in [4.69, 9.17) is 4.74 Å². The standard InChI is InChI=1S/C22H15F5N2O/c1-10-21(26)15(25)9-19(22(10)27)29-18-6-11(3-4-20(18)30-2)16-7-12-5-13(23)14(24)8-17(12)28-16/h3-9,28-29H,1-2H3. The summed E-state index contributed by atoms with van der Waals surface area (Å²) >= 11 is 0. The predicted octanol–water partition coefficient (Wildman–Crippen LogP) is 6.59. The van der Waals surface area contributed by atoms with E-state index >= 15 is 0 Å². The minimum Gasteiger partial charge on any atom is -0.495 e. The lowest BCUT2D eigenvalue weighted by Gasteiger charge is -2.14. The molecule has 3 nitrogen and oxygen atoms in total. The first-order valence-corrected chi connectivity index (χ1v) is 8.85. The Morgan fingerprint density at radius 3 is 2.27 bits per heavy atom. The van der Waals surface area contributed by atoms with Gasteiger partial charge in [0.15, 0.2) is 29.1 Å². The second-order valence-corrected chi connectivity index (χ2v) is 6.74. The third-order valence-electron chi connectivity index (χ3n) is 4.82. The molecule has 0 bridgehead atoms. The zero-order valence-electron chi connectivity index (χ0n) is 15.8. The molecule has 0 spiro atoms. The van der Waals surface area contributed by atoms with E-state index in [0.29, 0.717) is 27.9 Å². The number of nitrogens with one attached hydrogen (secondary N) is 2. The molecule has 0 radical (unpaired) electrons. The van der Waals surface area contributed by atoms with Crippen LogP contribution < -0.4 is 10.1 Å². The molecule has 4 rings (SSSR count). The second-order valence-electron chi connectivity index (χ2n) is 6.74. The number of halogens is 5. The van der Waals surface area contributed by atoms with Crippen molar-refractivity contribution < 1.29 is 26.7 Å². The van der Waals surface area contributed by atoms with Crippen molar-refractivity contribution in [3.8, 4) is 17.0 Å². The van der Waals surface area contributed by atoms with E-state index in [1.54, 1.807) is 24.3 Å². The van der Waals surface area contributed by atoms with Crippen molar-refractivity contribution in [2.75, 3.05) is 12.4 Å². The van der Waals surface area contributed by atoms with Crippen LogP contribution in [0.3, 0.4) is 0 Å². The number of methoxy groups -OCH3 is 1. The lowest BCUT2D eigenvalue weighted by Crippen LogP contribution is -2.02. The summed E-state index contributed by atoms with van der Waals surface area (Å²) in [5.41, 5.74) is 1.11. The highest BCUT2D eigenvalue weighted by Crippen LogP contribution is 2.35. The van der Waals surface area contributed by atoms with Crippen LogP contribution in [0.4, 0.5) is 33.3 Å². The molecule has 0 aliphatic carbocycles. The number of rotatable bonds is 4. The Morgan fingerprint density at radius 2 is 1.53 bits per heavy atom.